The van der Waals surface area contributed by atoms with Crippen LogP contribution in [0.4, 0.5) is 5.69 Å². The highest BCUT2D eigenvalue weighted by atomic mass is 16.3. The van der Waals surface area contributed by atoms with Crippen LogP contribution in [0, 0.1) is 0 Å². The molecule has 1 aromatic rings. The molecule has 0 aromatic heterocycles. The first-order chi connectivity index (χ1) is 7.85. The van der Waals surface area contributed by atoms with Gasteiger partial charge in [0.2, 0.25) is 0 Å². The number of anilines is 1. The number of rotatable bonds is 3. The van der Waals surface area contributed by atoms with Gasteiger partial charge in [-0.05, 0) is 25.0 Å². The lowest BCUT2D eigenvalue weighted by molar-refractivity contribution is 0.196. The molecule has 0 bridgehead atoms. The van der Waals surface area contributed by atoms with Crippen molar-refractivity contribution in [3.05, 3.63) is 30.3 Å². The van der Waals surface area contributed by atoms with Crippen molar-refractivity contribution in [3.63, 3.8) is 0 Å². The summed E-state index contributed by atoms with van der Waals surface area (Å²) in [5, 5.41) is 13.2. The second-order valence-corrected chi connectivity index (χ2v) is 4.84. The summed E-state index contributed by atoms with van der Waals surface area (Å²) in [6.45, 7) is 0.238. The van der Waals surface area contributed by atoms with E-state index in [4.69, 9.17) is 0 Å². The summed E-state index contributed by atoms with van der Waals surface area (Å²) in [6.07, 6.45) is 7.22. The zero-order valence-electron chi connectivity index (χ0n) is 9.78. The van der Waals surface area contributed by atoms with Crippen LogP contribution in [0.1, 0.15) is 38.5 Å². The van der Waals surface area contributed by atoms with Gasteiger partial charge in [-0.1, -0.05) is 43.9 Å². The van der Waals surface area contributed by atoms with E-state index in [-0.39, 0.29) is 12.1 Å². The molecule has 0 spiro atoms. The summed E-state index contributed by atoms with van der Waals surface area (Å²) in [6, 6.07) is 10.2. The fraction of sp³-hybridized carbons (Fsp3) is 0.571. The van der Waals surface area contributed by atoms with Gasteiger partial charge in [0, 0.05) is 5.69 Å². The minimum atomic E-state index is -0.0855. The van der Waals surface area contributed by atoms with Crippen LogP contribution in [-0.4, -0.2) is 17.3 Å². The maximum absolute atomic E-state index is 9.67. The van der Waals surface area contributed by atoms with Gasteiger partial charge in [0.1, 0.15) is 0 Å². The number of benzene rings is 1. The Morgan fingerprint density at radius 3 is 2.19 bits per heavy atom. The third-order valence-electron chi connectivity index (χ3n) is 3.55. The largest absolute Gasteiger partial charge is 0.394 e. The Labute approximate surface area is 97.7 Å². The van der Waals surface area contributed by atoms with Crippen LogP contribution in [0.25, 0.3) is 0 Å². The fourth-order valence-corrected chi connectivity index (χ4v) is 2.56. The third-order valence-corrected chi connectivity index (χ3v) is 3.55. The lowest BCUT2D eigenvalue weighted by Crippen LogP contribution is -2.41. The molecule has 1 aliphatic carbocycles. The molecule has 0 aliphatic heterocycles. The molecule has 16 heavy (non-hydrogen) atoms. The number of para-hydroxylation sites is 1. The van der Waals surface area contributed by atoms with Crippen LogP contribution < -0.4 is 5.32 Å². The molecule has 0 amide bonds. The van der Waals surface area contributed by atoms with Gasteiger partial charge in [0.25, 0.3) is 0 Å². The maximum Gasteiger partial charge on any atom is 0.0661 e. The quantitative estimate of drug-likeness (QED) is 0.765. The van der Waals surface area contributed by atoms with Crippen molar-refractivity contribution in [1.82, 2.24) is 0 Å². The van der Waals surface area contributed by atoms with E-state index in [1.807, 2.05) is 18.2 Å². The molecule has 2 N–H and O–H groups in total. The zero-order chi connectivity index (χ0) is 11.3. The summed E-state index contributed by atoms with van der Waals surface area (Å²) in [7, 11) is 0. The molecule has 0 saturated heterocycles. The monoisotopic (exact) mass is 219 g/mol. The number of aliphatic hydroxyl groups excluding tert-OH is 1. The van der Waals surface area contributed by atoms with Gasteiger partial charge in [-0.2, -0.15) is 0 Å². The molecule has 1 saturated carbocycles. The van der Waals surface area contributed by atoms with Gasteiger partial charge in [-0.25, -0.2) is 0 Å². The van der Waals surface area contributed by atoms with E-state index in [0.717, 1.165) is 18.5 Å². The molecule has 2 nitrogen and oxygen atoms in total. The summed E-state index contributed by atoms with van der Waals surface area (Å²) >= 11 is 0. The minimum absolute atomic E-state index is 0.0855. The first-order valence-electron chi connectivity index (χ1n) is 6.29. The summed E-state index contributed by atoms with van der Waals surface area (Å²) in [4.78, 5) is 0. The number of hydrogen-bond acceptors (Lipinski definition) is 2. The van der Waals surface area contributed by atoms with Crippen molar-refractivity contribution < 1.29 is 5.11 Å². The number of nitrogens with one attached hydrogen (secondary N) is 1. The SMILES string of the molecule is OCC1(Nc2ccccc2)CCCCCC1. The van der Waals surface area contributed by atoms with Crippen molar-refractivity contribution in [2.45, 2.75) is 44.1 Å². The Morgan fingerprint density at radius 1 is 1.00 bits per heavy atom. The molecule has 0 atom stereocenters. The summed E-state index contributed by atoms with van der Waals surface area (Å²) in [5.74, 6) is 0. The highest BCUT2D eigenvalue weighted by Gasteiger charge is 2.29. The van der Waals surface area contributed by atoms with Crippen LogP contribution in [0.15, 0.2) is 30.3 Å². The lowest BCUT2D eigenvalue weighted by Gasteiger charge is -2.33. The van der Waals surface area contributed by atoms with Crippen LogP contribution >= 0.6 is 0 Å². The zero-order valence-corrected chi connectivity index (χ0v) is 9.78. The van der Waals surface area contributed by atoms with Crippen molar-refractivity contribution in [3.8, 4) is 0 Å². The Balaban J connectivity index is 2.08. The number of aliphatic hydroxyl groups is 1. The second-order valence-electron chi connectivity index (χ2n) is 4.84. The van der Waals surface area contributed by atoms with Gasteiger partial charge >= 0.3 is 0 Å². The van der Waals surface area contributed by atoms with Gasteiger partial charge in [0.15, 0.2) is 0 Å². The van der Waals surface area contributed by atoms with Crippen molar-refractivity contribution >= 4 is 5.69 Å². The molecule has 2 rings (SSSR count). The minimum Gasteiger partial charge on any atom is -0.394 e. The van der Waals surface area contributed by atoms with E-state index in [9.17, 15) is 5.11 Å². The van der Waals surface area contributed by atoms with Gasteiger partial charge in [-0.3, -0.25) is 0 Å². The Bertz CT molecular complexity index is 302. The first kappa shape index (κ1) is 11.5. The second kappa shape index (κ2) is 5.35. The van der Waals surface area contributed by atoms with Gasteiger partial charge in [-0.15, -0.1) is 0 Å². The predicted molar refractivity (Wildman–Crippen MR) is 67.6 cm³/mol. The van der Waals surface area contributed by atoms with Gasteiger partial charge in [0.05, 0.1) is 12.1 Å². The summed E-state index contributed by atoms with van der Waals surface area (Å²) < 4.78 is 0. The van der Waals surface area contributed by atoms with E-state index in [2.05, 4.69) is 17.4 Å². The molecule has 2 heteroatoms. The average Bonchev–Trinajstić information content (AvgIpc) is 2.57. The lowest BCUT2D eigenvalue weighted by atomic mass is 9.91. The molecule has 1 aliphatic rings. The van der Waals surface area contributed by atoms with Gasteiger partial charge < -0.3 is 10.4 Å². The molecule has 1 fully saturated rings. The molecular weight excluding hydrogens is 198 g/mol. The molecule has 1 aromatic carbocycles. The highest BCUT2D eigenvalue weighted by molar-refractivity contribution is 5.45. The normalized spacial score (nSPS) is 20.1. The molecular formula is C14H21NO. The number of hydrogen-bond donors (Lipinski definition) is 2. The van der Waals surface area contributed by atoms with Crippen LogP contribution in [0.5, 0.6) is 0 Å². The van der Waals surface area contributed by atoms with Crippen molar-refractivity contribution in [2.24, 2.45) is 0 Å². The van der Waals surface area contributed by atoms with E-state index >= 15 is 0 Å². The van der Waals surface area contributed by atoms with E-state index < -0.39 is 0 Å². The topological polar surface area (TPSA) is 32.3 Å². The summed E-state index contributed by atoms with van der Waals surface area (Å²) in [5.41, 5.74) is 1.04. The predicted octanol–water partition coefficient (Wildman–Crippen LogP) is 3.18. The molecule has 0 radical (unpaired) electrons. The molecule has 0 unspecified atom stereocenters. The van der Waals surface area contributed by atoms with Crippen molar-refractivity contribution in [1.29, 1.82) is 0 Å². The van der Waals surface area contributed by atoms with Crippen LogP contribution in [0.3, 0.4) is 0 Å². The van der Waals surface area contributed by atoms with Crippen LogP contribution in [-0.2, 0) is 0 Å². The van der Waals surface area contributed by atoms with E-state index in [1.54, 1.807) is 0 Å². The Hall–Kier alpha value is -1.02. The molecule has 88 valence electrons. The maximum atomic E-state index is 9.67. The highest BCUT2D eigenvalue weighted by Crippen LogP contribution is 2.30. The van der Waals surface area contributed by atoms with Crippen LogP contribution in [0.2, 0.25) is 0 Å². The Kier molecular flexibility index (Phi) is 3.83. The van der Waals surface area contributed by atoms with Crippen molar-refractivity contribution in [2.75, 3.05) is 11.9 Å². The Morgan fingerprint density at radius 2 is 1.62 bits per heavy atom. The smallest absolute Gasteiger partial charge is 0.0661 e. The van der Waals surface area contributed by atoms with E-state index in [0.29, 0.717) is 0 Å². The first-order valence-corrected chi connectivity index (χ1v) is 6.29. The third kappa shape index (κ3) is 2.76. The average molecular weight is 219 g/mol. The fourth-order valence-electron chi connectivity index (χ4n) is 2.56. The molecule has 0 heterocycles. The standard InChI is InChI=1S/C14H21NO/c16-12-14(10-6-1-2-7-11-14)15-13-8-4-3-5-9-13/h3-5,8-9,15-16H,1-2,6-7,10-12H2. The van der Waals surface area contributed by atoms with E-state index in [1.165, 1.54) is 25.7 Å².